The molecule has 0 aliphatic heterocycles. The van der Waals surface area contributed by atoms with Crippen molar-refractivity contribution in [3.8, 4) is 16.9 Å². The maximum absolute atomic E-state index is 5.25. The number of thiazole rings is 1. The van der Waals surface area contributed by atoms with Crippen molar-refractivity contribution in [2.45, 2.75) is 0 Å². The number of rotatable bonds is 5. The van der Waals surface area contributed by atoms with E-state index in [2.05, 4.69) is 44.4 Å². The van der Waals surface area contributed by atoms with E-state index in [4.69, 9.17) is 4.42 Å². The first-order valence-electron chi connectivity index (χ1n) is 8.50. The van der Waals surface area contributed by atoms with Crippen LogP contribution in [0.15, 0.2) is 105 Å². The van der Waals surface area contributed by atoms with Crippen molar-refractivity contribution in [1.29, 1.82) is 0 Å². The van der Waals surface area contributed by atoms with Gasteiger partial charge in [-0.1, -0.05) is 48.5 Å². The zero-order valence-corrected chi connectivity index (χ0v) is 17.4. The Morgan fingerprint density at radius 2 is 1.64 bits per heavy atom. The van der Waals surface area contributed by atoms with E-state index in [1.54, 1.807) is 29.9 Å². The molecular formula is C22H18BrN3OS. The summed E-state index contributed by atoms with van der Waals surface area (Å²) in [6, 6.07) is 24.2. The molecule has 0 bridgehead atoms. The van der Waals surface area contributed by atoms with Crippen molar-refractivity contribution >= 4 is 40.6 Å². The molecule has 0 saturated heterocycles. The van der Waals surface area contributed by atoms with E-state index in [0.717, 1.165) is 27.5 Å². The number of nitrogens with zero attached hydrogens (tertiary/aromatic N) is 3. The highest BCUT2D eigenvalue weighted by molar-refractivity contribution is 8.93. The van der Waals surface area contributed by atoms with E-state index in [-0.39, 0.29) is 17.0 Å². The minimum absolute atomic E-state index is 0. The van der Waals surface area contributed by atoms with Crippen molar-refractivity contribution in [1.82, 2.24) is 4.57 Å². The Hall–Kier alpha value is -2.96. The Labute approximate surface area is 177 Å². The van der Waals surface area contributed by atoms with Gasteiger partial charge in [-0.2, -0.15) is 5.10 Å². The molecule has 28 heavy (non-hydrogen) atoms. The Balaban J connectivity index is 0.00000225. The SMILES string of the molecule is Br.C(=C\c1ccco1)/C=N/N=c1/scc(-c2ccccc2)n1-c1ccccc1. The number of hydrogen-bond acceptors (Lipinski definition) is 4. The predicted octanol–water partition coefficient (Wildman–Crippen LogP) is 5.98. The summed E-state index contributed by atoms with van der Waals surface area (Å²) in [5.41, 5.74) is 3.28. The molecule has 0 aliphatic carbocycles. The van der Waals surface area contributed by atoms with Crippen LogP contribution in [-0.4, -0.2) is 10.8 Å². The number of hydrogen-bond donors (Lipinski definition) is 0. The molecule has 0 radical (unpaired) electrons. The number of aromatic nitrogens is 1. The van der Waals surface area contributed by atoms with Crippen LogP contribution in [0.1, 0.15) is 5.76 Å². The van der Waals surface area contributed by atoms with E-state index in [1.165, 1.54) is 0 Å². The summed E-state index contributed by atoms with van der Waals surface area (Å²) in [4.78, 5) is 0.808. The number of halogens is 1. The molecule has 0 amide bonds. The van der Waals surface area contributed by atoms with E-state index in [9.17, 15) is 0 Å². The summed E-state index contributed by atoms with van der Waals surface area (Å²) >= 11 is 1.56. The zero-order chi connectivity index (χ0) is 18.3. The monoisotopic (exact) mass is 451 g/mol. The molecular weight excluding hydrogens is 434 g/mol. The van der Waals surface area contributed by atoms with Gasteiger partial charge in [0.2, 0.25) is 4.80 Å². The molecule has 4 nitrogen and oxygen atoms in total. The third kappa shape index (κ3) is 4.65. The van der Waals surface area contributed by atoms with Crippen molar-refractivity contribution in [3.05, 3.63) is 101 Å². The lowest BCUT2D eigenvalue weighted by Gasteiger charge is -2.08. The van der Waals surface area contributed by atoms with Gasteiger partial charge in [-0.05, 0) is 42.0 Å². The smallest absolute Gasteiger partial charge is 0.215 e. The highest BCUT2D eigenvalue weighted by Gasteiger charge is 2.09. The lowest BCUT2D eigenvalue weighted by Crippen LogP contribution is -2.13. The van der Waals surface area contributed by atoms with Crippen LogP contribution in [0, 0.1) is 0 Å². The Kier molecular flexibility index (Phi) is 6.94. The van der Waals surface area contributed by atoms with Crippen LogP contribution >= 0.6 is 28.3 Å². The van der Waals surface area contributed by atoms with Gasteiger partial charge in [0, 0.05) is 17.3 Å². The third-order valence-corrected chi connectivity index (χ3v) is 4.71. The van der Waals surface area contributed by atoms with Crippen molar-refractivity contribution in [2.75, 3.05) is 0 Å². The minimum Gasteiger partial charge on any atom is -0.465 e. The molecule has 0 atom stereocenters. The molecule has 0 spiro atoms. The summed E-state index contributed by atoms with van der Waals surface area (Å²) in [5, 5.41) is 10.7. The van der Waals surface area contributed by atoms with Crippen molar-refractivity contribution in [3.63, 3.8) is 0 Å². The van der Waals surface area contributed by atoms with Gasteiger partial charge in [-0.3, -0.25) is 4.57 Å². The van der Waals surface area contributed by atoms with E-state index >= 15 is 0 Å². The van der Waals surface area contributed by atoms with Crippen LogP contribution < -0.4 is 4.80 Å². The van der Waals surface area contributed by atoms with Gasteiger partial charge in [0.25, 0.3) is 0 Å². The van der Waals surface area contributed by atoms with Gasteiger partial charge >= 0.3 is 0 Å². The van der Waals surface area contributed by atoms with Gasteiger partial charge in [0.1, 0.15) is 5.76 Å². The molecule has 0 fully saturated rings. The van der Waals surface area contributed by atoms with Crippen LogP contribution in [0.4, 0.5) is 0 Å². The van der Waals surface area contributed by atoms with Crippen molar-refractivity contribution in [2.24, 2.45) is 10.2 Å². The number of para-hydroxylation sites is 1. The predicted molar refractivity (Wildman–Crippen MR) is 121 cm³/mol. The van der Waals surface area contributed by atoms with Crippen LogP contribution in [0.25, 0.3) is 23.0 Å². The van der Waals surface area contributed by atoms with Gasteiger partial charge in [0.05, 0.1) is 12.0 Å². The minimum atomic E-state index is 0. The van der Waals surface area contributed by atoms with E-state index in [1.807, 2.05) is 54.6 Å². The standard InChI is InChI=1S/C22H17N3OS.BrH/c1-3-9-18(10-4-1)21-17-27-22(25(21)19-11-5-2-6-12-19)24-23-15-7-13-20-14-8-16-26-20;/h1-17H;1H/b13-7+,23-15+,24-22+;. The number of allylic oxidation sites excluding steroid dienone is 1. The highest BCUT2D eigenvalue weighted by Crippen LogP contribution is 2.23. The molecule has 2 heterocycles. The van der Waals surface area contributed by atoms with Gasteiger partial charge in [0.15, 0.2) is 0 Å². The molecule has 0 aliphatic rings. The molecule has 140 valence electrons. The first-order valence-corrected chi connectivity index (χ1v) is 9.38. The summed E-state index contributed by atoms with van der Waals surface area (Å²) in [7, 11) is 0. The quantitative estimate of drug-likeness (QED) is 0.272. The van der Waals surface area contributed by atoms with Crippen LogP contribution in [0.3, 0.4) is 0 Å². The van der Waals surface area contributed by atoms with Crippen LogP contribution in [0.5, 0.6) is 0 Å². The lowest BCUT2D eigenvalue weighted by molar-refractivity contribution is 0.557. The fraction of sp³-hybridized carbons (Fsp3) is 0. The lowest BCUT2D eigenvalue weighted by atomic mass is 10.1. The number of benzene rings is 2. The zero-order valence-electron chi connectivity index (χ0n) is 14.9. The molecule has 0 N–H and O–H groups in total. The largest absolute Gasteiger partial charge is 0.465 e. The molecule has 4 aromatic rings. The van der Waals surface area contributed by atoms with Gasteiger partial charge in [-0.15, -0.1) is 33.4 Å². The van der Waals surface area contributed by atoms with Crippen molar-refractivity contribution < 1.29 is 4.42 Å². The van der Waals surface area contributed by atoms with E-state index < -0.39 is 0 Å². The maximum atomic E-state index is 5.25. The summed E-state index contributed by atoms with van der Waals surface area (Å²) in [6.07, 6.45) is 6.94. The number of furan rings is 1. The average molecular weight is 452 g/mol. The first kappa shape index (κ1) is 19.8. The first-order chi connectivity index (χ1) is 13.4. The van der Waals surface area contributed by atoms with E-state index in [0.29, 0.717) is 0 Å². The molecule has 0 unspecified atom stereocenters. The Bertz CT molecular complexity index is 1110. The third-order valence-electron chi connectivity index (χ3n) is 3.89. The Morgan fingerprint density at radius 1 is 0.893 bits per heavy atom. The molecule has 2 aromatic carbocycles. The summed E-state index contributed by atoms with van der Waals surface area (Å²) < 4.78 is 7.37. The second-order valence-electron chi connectivity index (χ2n) is 5.68. The van der Waals surface area contributed by atoms with Gasteiger partial charge < -0.3 is 4.42 Å². The second-order valence-corrected chi connectivity index (χ2v) is 6.52. The Morgan fingerprint density at radius 3 is 2.36 bits per heavy atom. The summed E-state index contributed by atoms with van der Waals surface area (Å²) in [6.45, 7) is 0. The average Bonchev–Trinajstić information content (AvgIpc) is 3.39. The fourth-order valence-electron chi connectivity index (χ4n) is 2.66. The topological polar surface area (TPSA) is 42.8 Å². The highest BCUT2D eigenvalue weighted by atomic mass is 79.9. The normalized spacial score (nSPS) is 11.9. The van der Waals surface area contributed by atoms with Crippen LogP contribution in [0.2, 0.25) is 0 Å². The molecule has 4 rings (SSSR count). The molecule has 2 aromatic heterocycles. The molecule has 0 saturated carbocycles. The maximum Gasteiger partial charge on any atom is 0.215 e. The summed E-state index contributed by atoms with van der Waals surface area (Å²) in [5.74, 6) is 0.781. The van der Waals surface area contributed by atoms with Crippen LogP contribution in [-0.2, 0) is 0 Å². The fourth-order valence-corrected chi connectivity index (χ4v) is 3.53. The second kappa shape index (κ2) is 9.82. The van der Waals surface area contributed by atoms with Gasteiger partial charge in [-0.25, -0.2) is 0 Å². The molecule has 6 heteroatoms.